The zero-order valence-corrected chi connectivity index (χ0v) is 12.1. The van der Waals surface area contributed by atoms with Gasteiger partial charge >= 0.3 is 0 Å². The predicted octanol–water partition coefficient (Wildman–Crippen LogP) is 4.34. The van der Waals surface area contributed by atoms with Crippen LogP contribution >= 0.6 is 11.8 Å². The van der Waals surface area contributed by atoms with Gasteiger partial charge in [-0.25, -0.2) is 4.98 Å². The molecule has 0 fully saturated rings. The van der Waals surface area contributed by atoms with Crippen molar-refractivity contribution >= 4 is 28.5 Å². The van der Waals surface area contributed by atoms with Crippen molar-refractivity contribution in [1.29, 1.82) is 0 Å². The molecule has 0 bridgehead atoms. The van der Waals surface area contributed by atoms with Crippen LogP contribution in [0.1, 0.15) is 5.56 Å². The van der Waals surface area contributed by atoms with Crippen molar-refractivity contribution in [3.05, 3.63) is 54.1 Å². The number of anilines is 1. The van der Waals surface area contributed by atoms with Gasteiger partial charge in [-0.3, -0.25) is 0 Å². The van der Waals surface area contributed by atoms with E-state index in [9.17, 15) is 0 Å². The Morgan fingerprint density at radius 1 is 1.10 bits per heavy atom. The molecule has 102 valence electrons. The molecule has 3 aromatic rings. The molecule has 0 saturated carbocycles. The van der Waals surface area contributed by atoms with Gasteiger partial charge in [0.05, 0.1) is 0 Å². The molecule has 0 amide bonds. The SMILES string of the molecule is Cc1ccc(NCCSc2nc3ccccc3o2)cc1. The van der Waals surface area contributed by atoms with Gasteiger partial charge in [-0.2, -0.15) is 0 Å². The predicted molar refractivity (Wildman–Crippen MR) is 84.4 cm³/mol. The second-order valence-electron chi connectivity index (χ2n) is 4.59. The van der Waals surface area contributed by atoms with Crippen molar-refractivity contribution in [2.24, 2.45) is 0 Å². The average molecular weight is 284 g/mol. The first kappa shape index (κ1) is 13.1. The molecule has 4 heteroatoms. The lowest BCUT2D eigenvalue weighted by atomic mass is 10.2. The van der Waals surface area contributed by atoms with E-state index in [1.807, 2.05) is 24.3 Å². The smallest absolute Gasteiger partial charge is 0.256 e. The number of aromatic nitrogens is 1. The zero-order valence-electron chi connectivity index (χ0n) is 11.3. The Bertz CT molecular complexity index is 658. The summed E-state index contributed by atoms with van der Waals surface area (Å²) in [5, 5.41) is 4.12. The van der Waals surface area contributed by atoms with E-state index in [1.165, 1.54) is 5.56 Å². The summed E-state index contributed by atoms with van der Waals surface area (Å²) in [7, 11) is 0. The van der Waals surface area contributed by atoms with Gasteiger partial charge in [0.15, 0.2) is 5.58 Å². The summed E-state index contributed by atoms with van der Waals surface area (Å²) in [6, 6.07) is 16.2. The van der Waals surface area contributed by atoms with E-state index < -0.39 is 0 Å². The highest BCUT2D eigenvalue weighted by atomic mass is 32.2. The molecule has 3 rings (SSSR count). The fraction of sp³-hybridized carbons (Fsp3) is 0.188. The van der Waals surface area contributed by atoms with Gasteiger partial charge in [0.2, 0.25) is 0 Å². The van der Waals surface area contributed by atoms with Crippen molar-refractivity contribution < 1.29 is 4.42 Å². The summed E-state index contributed by atoms with van der Waals surface area (Å²) in [5.41, 5.74) is 4.19. The lowest BCUT2D eigenvalue weighted by Gasteiger charge is -2.05. The lowest BCUT2D eigenvalue weighted by molar-refractivity contribution is 0.489. The van der Waals surface area contributed by atoms with Gasteiger partial charge in [0.25, 0.3) is 5.22 Å². The number of rotatable bonds is 5. The van der Waals surface area contributed by atoms with E-state index in [-0.39, 0.29) is 0 Å². The number of fused-ring (bicyclic) bond motifs is 1. The minimum absolute atomic E-state index is 0.733. The first-order valence-electron chi connectivity index (χ1n) is 6.60. The second-order valence-corrected chi connectivity index (χ2v) is 5.63. The molecular weight excluding hydrogens is 268 g/mol. The standard InChI is InChI=1S/C16H16N2OS/c1-12-6-8-13(9-7-12)17-10-11-20-16-18-14-4-2-3-5-15(14)19-16/h2-9,17H,10-11H2,1H3. The van der Waals surface area contributed by atoms with Crippen molar-refractivity contribution in [3.63, 3.8) is 0 Å². The number of hydrogen-bond acceptors (Lipinski definition) is 4. The minimum Gasteiger partial charge on any atom is -0.431 e. The summed E-state index contributed by atoms with van der Waals surface area (Å²) in [4.78, 5) is 4.44. The second kappa shape index (κ2) is 6.01. The van der Waals surface area contributed by atoms with Crippen LogP contribution in [0, 0.1) is 6.92 Å². The summed E-state index contributed by atoms with van der Waals surface area (Å²) in [6.45, 7) is 2.97. The quantitative estimate of drug-likeness (QED) is 0.558. The van der Waals surface area contributed by atoms with Crippen LogP contribution in [0.4, 0.5) is 5.69 Å². The molecule has 2 aromatic carbocycles. The van der Waals surface area contributed by atoms with E-state index in [2.05, 4.69) is 41.5 Å². The first-order valence-corrected chi connectivity index (χ1v) is 7.59. The van der Waals surface area contributed by atoms with Crippen molar-refractivity contribution in [2.45, 2.75) is 12.1 Å². The van der Waals surface area contributed by atoms with E-state index >= 15 is 0 Å². The number of nitrogens with one attached hydrogen (secondary N) is 1. The summed E-state index contributed by atoms with van der Waals surface area (Å²) in [5.74, 6) is 0.917. The third kappa shape index (κ3) is 3.14. The molecule has 0 radical (unpaired) electrons. The van der Waals surface area contributed by atoms with Crippen molar-refractivity contribution in [2.75, 3.05) is 17.6 Å². The lowest BCUT2D eigenvalue weighted by Crippen LogP contribution is -2.03. The number of para-hydroxylation sites is 2. The normalized spacial score (nSPS) is 10.8. The molecule has 0 saturated heterocycles. The van der Waals surface area contributed by atoms with E-state index in [0.29, 0.717) is 0 Å². The third-order valence-corrected chi connectivity index (χ3v) is 3.81. The fourth-order valence-corrected chi connectivity index (χ4v) is 2.61. The van der Waals surface area contributed by atoms with Crippen LogP contribution in [0.3, 0.4) is 0 Å². The maximum Gasteiger partial charge on any atom is 0.256 e. The maximum atomic E-state index is 5.66. The van der Waals surface area contributed by atoms with Crippen LogP contribution in [-0.2, 0) is 0 Å². The molecule has 0 atom stereocenters. The average Bonchev–Trinajstić information content (AvgIpc) is 2.88. The summed E-state index contributed by atoms with van der Waals surface area (Å²) < 4.78 is 5.66. The van der Waals surface area contributed by atoms with Gasteiger partial charge < -0.3 is 9.73 Å². The minimum atomic E-state index is 0.733. The molecule has 1 aromatic heterocycles. The molecular formula is C16H16N2OS. The molecule has 1 N–H and O–H groups in total. The van der Waals surface area contributed by atoms with E-state index in [0.717, 1.165) is 34.3 Å². The van der Waals surface area contributed by atoms with Crippen molar-refractivity contribution in [3.8, 4) is 0 Å². The molecule has 3 nitrogen and oxygen atoms in total. The molecule has 20 heavy (non-hydrogen) atoms. The molecule has 0 unspecified atom stereocenters. The first-order chi connectivity index (χ1) is 9.81. The Morgan fingerprint density at radius 3 is 2.70 bits per heavy atom. The van der Waals surface area contributed by atoms with Crippen LogP contribution in [0.15, 0.2) is 58.2 Å². The third-order valence-electron chi connectivity index (χ3n) is 2.98. The Morgan fingerprint density at radius 2 is 1.90 bits per heavy atom. The van der Waals surface area contributed by atoms with Gasteiger partial charge in [-0.1, -0.05) is 41.6 Å². The Hall–Kier alpha value is -1.94. The number of aryl methyl sites for hydroxylation is 1. The van der Waals surface area contributed by atoms with Crippen molar-refractivity contribution in [1.82, 2.24) is 4.98 Å². The summed E-state index contributed by atoms with van der Waals surface area (Å²) in [6.07, 6.45) is 0. The van der Waals surface area contributed by atoms with Gasteiger partial charge in [-0.05, 0) is 31.2 Å². The number of nitrogens with zero attached hydrogens (tertiary/aromatic N) is 1. The highest BCUT2D eigenvalue weighted by molar-refractivity contribution is 7.99. The largest absolute Gasteiger partial charge is 0.431 e. The fourth-order valence-electron chi connectivity index (χ4n) is 1.92. The van der Waals surface area contributed by atoms with Crippen LogP contribution in [0.25, 0.3) is 11.1 Å². The van der Waals surface area contributed by atoms with Crippen LogP contribution in [0.2, 0.25) is 0 Å². The maximum absolute atomic E-state index is 5.66. The topological polar surface area (TPSA) is 38.1 Å². The monoisotopic (exact) mass is 284 g/mol. The highest BCUT2D eigenvalue weighted by Gasteiger charge is 2.04. The molecule has 0 aliphatic carbocycles. The van der Waals surface area contributed by atoms with E-state index in [4.69, 9.17) is 4.42 Å². The molecule has 1 heterocycles. The number of oxazole rings is 1. The van der Waals surface area contributed by atoms with Crippen LogP contribution < -0.4 is 5.32 Å². The Balaban J connectivity index is 1.51. The molecule has 0 aliphatic rings. The van der Waals surface area contributed by atoms with Gasteiger partial charge in [-0.15, -0.1) is 0 Å². The zero-order chi connectivity index (χ0) is 13.8. The van der Waals surface area contributed by atoms with E-state index in [1.54, 1.807) is 11.8 Å². The van der Waals surface area contributed by atoms with Crippen LogP contribution in [-0.4, -0.2) is 17.3 Å². The highest BCUT2D eigenvalue weighted by Crippen LogP contribution is 2.22. The number of hydrogen-bond donors (Lipinski definition) is 1. The molecule has 0 spiro atoms. The Labute approximate surface area is 122 Å². The van der Waals surface area contributed by atoms with Gasteiger partial charge in [0, 0.05) is 18.0 Å². The summed E-state index contributed by atoms with van der Waals surface area (Å²) >= 11 is 1.63. The Kier molecular flexibility index (Phi) is 3.92. The number of thioether (sulfide) groups is 1. The van der Waals surface area contributed by atoms with Gasteiger partial charge in [0.1, 0.15) is 5.52 Å². The number of benzene rings is 2. The van der Waals surface area contributed by atoms with Crippen LogP contribution in [0.5, 0.6) is 0 Å². The molecule has 0 aliphatic heterocycles.